The first-order valence-electron chi connectivity index (χ1n) is 9.39. The number of hydrogen-bond acceptors (Lipinski definition) is 7. The first-order chi connectivity index (χ1) is 13.4. The zero-order valence-electron chi connectivity index (χ0n) is 16.0. The Labute approximate surface area is 164 Å². The van der Waals surface area contributed by atoms with Crippen molar-refractivity contribution in [2.45, 2.75) is 26.3 Å². The molecule has 1 fully saturated rings. The number of hydrogen-bond donors (Lipinski definition) is 1. The highest BCUT2D eigenvalue weighted by molar-refractivity contribution is 7.91. The summed E-state index contributed by atoms with van der Waals surface area (Å²) in [6.45, 7) is 4.55. The third kappa shape index (κ3) is 3.77. The molecule has 0 amide bonds. The van der Waals surface area contributed by atoms with Gasteiger partial charge in [0.05, 0.1) is 22.7 Å². The van der Waals surface area contributed by atoms with E-state index in [9.17, 15) is 8.42 Å². The van der Waals surface area contributed by atoms with Crippen molar-refractivity contribution in [2.75, 3.05) is 28.3 Å². The Bertz CT molecular complexity index is 1110. The summed E-state index contributed by atoms with van der Waals surface area (Å²) in [5.41, 5.74) is 1.74. The minimum atomic E-state index is -2.96. The molecule has 8 heteroatoms. The lowest BCUT2D eigenvalue weighted by Gasteiger charge is -2.28. The summed E-state index contributed by atoms with van der Waals surface area (Å²) in [7, 11) is -2.96. The fourth-order valence-corrected chi connectivity index (χ4v) is 5.47. The quantitative estimate of drug-likeness (QED) is 0.708. The zero-order valence-corrected chi connectivity index (χ0v) is 16.8. The maximum atomic E-state index is 11.9. The molecular formula is C20H23N5O2S. The lowest BCUT2D eigenvalue weighted by molar-refractivity contribution is 0.599. The van der Waals surface area contributed by atoms with E-state index < -0.39 is 9.84 Å². The van der Waals surface area contributed by atoms with Gasteiger partial charge in [-0.15, -0.1) is 0 Å². The number of sulfone groups is 1. The SMILES string of the molecule is CCN(c1cc(Nc2cccc3cccnc23)nc(C)n1)C1CCS(=O)(=O)C1. The molecule has 0 bridgehead atoms. The minimum absolute atomic E-state index is 0.0450. The molecule has 0 radical (unpaired) electrons. The molecule has 1 unspecified atom stereocenters. The van der Waals surface area contributed by atoms with Crippen LogP contribution in [-0.4, -0.2) is 47.5 Å². The fraction of sp³-hybridized carbons (Fsp3) is 0.350. The van der Waals surface area contributed by atoms with Gasteiger partial charge in [0.25, 0.3) is 0 Å². The fourth-order valence-electron chi connectivity index (χ4n) is 3.73. The molecule has 1 aliphatic rings. The number of fused-ring (bicyclic) bond motifs is 1. The predicted octanol–water partition coefficient (Wildman–Crippen LogP) is 3.09. The van der Waals surface area contributed by atoms with Crippen LogP contribution in [0.4, 0.5) is 17.3 Å². The van der Waals surface area contributed by atoms with Gasteiger partial charge in [0, 0.05) is 30.2 Å². The van der Waals surface area contributed by atoms with Crippen LogP contribution in [0, 0.1) is 6.92 Å². The topological polar surface area (TPSA) is 88.1 Å². The van der Waals surface area contributed by atoms with E-state index in [4.69, 9.17) is 0 Å². The van der Waals surface area contributed by atoms with E-state index in [1.165, 1.54) is 0 Å². The van der Waals surface area contributed by atoms with Gasteiger partial charge in [-0.25, -0.2) is 18.4 Å². The molecule has 2 aromatic heterocycles. The number of pyridine rings is 1. The highest BCUT2D eigenvalue weighted by Gasteiger charge is 2.32. The molecule has 28 heavy (non-hydrogen) atoms. The van der Waals surface area contributed by atoms with Gasteiger partial charge in [-0.2, -0.15) is 0 Å². The van der Waals surface area contributed by atoms with Gasteiger partial charge in [-0.3, -0.25) is 4.98 Å². The molecule has 3 aromatic rings. The van der Waals surface area contributed by atoms with Crippen molar-refractivity contribution in [3.05, 3.63) is 48.4 Å². The highest BCUT2D eigenvalue weighted by Crippen LogP contribution is 2.27. The second-order valence-corrected chi connectivity index (χ2v) is 9.24. The van der Waals surface area contributed by atoms with Gasteiger partial charge >= 0.3 is 0 Å². The molecule has 3 heterocycles. The number of nitrogens with one attached hydrogen (secondary N) is 1. The second-order valence-electron chi connectivity index (χ2n) is 7.01. The molecular weight excluding hydrogens is 374 g/mol. The Kier molecular flexibility index (Phi) is 4.89. The van der Waals surface area contributed by atoms with E-state index >= 15 is 0 Å². The van der Waals surface area contributed by atoms with Crippen molar-refractivity contribution in [3.8, 4) is 0 Å². The Morgan fingerprint density at radius 2 is 2.04 bits per heavy atom. The highest BCUT2D eigenvalue weighted by atomic mass is 32.2. The number of rotatable bonds is 5. The number of nitrogens with zero attached hydrogens (tertiary/aromatic N) is 4. The Morgan fingerprint density at radius 1 is 1.21 bits per heavy atom. The van der Waals surface area contributed by atoms with Crippen LogP contribution in [0.1, 0.15) is 19.2 Å². The van der Waals surface area contributed by atoms with Crippen molar-refractivity contribution in [2.24, 2.45) is 0 Å². The number of para-hydroxylation sites is 1. The third-order valence-electron chi connectivity index (χ3n) is 5.00. The van der Waals surface area contributed by atoms with E-state index in [2.05, 4.69) is 25.2 Å². The monoisotopic (exact) mass is 397 g/mol. The first kappa shape index (κ1) is 18.6. The average Bonchev–Trinajstić information content (AvgIpc) is 3.02. The maximum absolute atomic E-state index is 11.9. The summed E-state index contributed by atoms with van der Waals surface area (Å²) in [6, 6.07) is 11.7. The molecule has 0 spiro atoms. The molecule has 1 aliphatic heterocycles. The molecule has 1 atom stereocenters. The Balaban J connectivity index is 1.67. The van der Waals surface area contributed by atoms with Crippen LogP contribution in [0.15, 0.2) is 42.6 Å². The largest absolute Gasteiger partial charge is 0.353 e. The van der Waals surface area contributed by atoms with Gasteiger partial charge in [0.2, 0.25) is 0 Å². The molecule has 146 valence electrons. The van der Waals surface area contributed by atoms with Crippen LogP contribution in [-0.2, 0) is 9.84 Å². The van der Waals surface area contributed by atoms with E-state index in [-0.39, 0.29) is 17.5 Å². The summed E-state index contributed by atoms with van der Waals surface area (Å²) in [5, 5.41) is 4.40. The van der Waals surface area contributed by atoms with E-state index in [1.54, 1.807) is 6.20 Å². The summed E-state index contributed by atoms with van der Waals surface area (Å²) in [5.74, 6) is 2.46. The molecule has 1 N–H and O–H groups in total. The molecule has 4 rings (SSSR count). The molecule has 0 aliphatic carbocycles. The van der Waals surface area contributed by atoms with E-state index in [1.807, 2.05) is 50.2 Å². The van der Waals surface area contributed by atoms with Crippen LogP contribution in [0.25, 0.3) is 10.9 Å². The van der Waals surface area contributed by atoms with Gasteiger partial charge in [-0.05, 0) is 32.4 Å². The van der Waals surface area contributed by atoms with Crippen LogP contribution < -0.4 is 10.2 Å². The zero-order chi connectivity index (χ0) is 19.7. The van der Waals surface area contributed by atoms with Crippen molar-refractivity contribution >= 4 is 38.1 Å². The number of aryl methyl sites for hydroxylation is 1. The van der Waals surface area contributed by atoms with Gasteiger partial charge in [-0.1, -0.05) is 18.2 Å². The smallest absolute Gasteiger partial charge is 0.152 e. The maximum Gasteiger partial charge on any atom is 0.152 e. The van der Waals surface area contributed by atoms with Crippen molar-refractivity contribution in [1.82, 2.24) is 15.0 Å². The van der Waals surface area contributed by atoms with Crippen LogP contribution in [0.5, 0.6) is 0 Å². The summed E-state index contributed by atoms with van der Waals surface area (Å²) in [6.07, 6.45) is 2.40. The number of aromatic nitrogens is 3. The minimum Gasteiger partial charge on any atom is -0.353 e. The molecule has 1 aromatic carbocycles. The lowest BCUT2D eigenvalue weighted by Crippen LogP contribution is -2.37. The standard InChI is InChI=1S/C20H23N5O2S/c1-3-25(16-9-11-28(26,27)13-16)19-12-18(22-14(2)23-19)24-17-8-4-6-15-7-5-10-21-20(15)17/h4-8,10,12,16H,3,9,11,13H2,1-2H3,(H,22,23,24). The summed E-state index contributed by atoms with van der Waals surface area (Å²) in [4.78, 5) is 15.6. The molecule has 1 saturated heterocycles. The van der Waals surface area contributed by atoms with Crippen LogP contribution in [0.2, 0.25) is 0 Å². The van der Waals surface area contributed by atoms with Crippen molar-refractivity contribution in [3.63, 3.8) is 0 Å². The van der Waals surface area contributed by atoms with Crippen molar-refractivity contribution < 1.29 is 8.42 Å². The summed E-state index contributed by atoms with van der Waals surface area (Å²) >= 11 is 0. The normalized spacial score (nSPS) is 18.3. The molecule has 0 saturated carbocycles. The lowest BCUT2D eigenvalue weighted by atomic mass is 10.2. The van der Waals surface area contributed by atoms with Crippen LogP contribution >= 0.6 is 0 Å². The van der Waals surface area contributed by atoms with Crippen molar-refractivity contribution in [1.29, 1.82) is 0 Å². The predicted molar refractivity (Wildman–Crippen MR) is 112 cm³/mol. The number of benzene rings is 1. The van der Waals surface area contributed by atoms with E-state index in [0.29, 0.717) is 24.6 Å². The third-order valence-corrected chi connectivity index (χ3v) is 6.75. The second kappa shape index (κ2) is 7.35. The number of anilines is 3. The summed E-state index contributed by atoms with van der Waals surface area (Å²) < 4.78 is 23.8. The first-order valence-corrected chi connectivity index (χ1v) is 11.2. The van der Waals surface area contributed by atoms with E-state index in [0.717, 1.165) is 22.4 Å². The Morgan fingerprint density at radius 3 is 2.79 bits per heavy atom. The van der Waals surface area contributed by atoms with Gasteiger partial charge in [0.1, 0.15) is 17.5 Å². The molecule has 7 nitrogen and oxygen atoms in total. The van der Waals surface area contributed by atoms with Gasteiger partial charge < -0.3 is 10.2 Å². The van der Waals surface area contributed by atoms with Gasteiger partial charge in [0.15, 0.2) is 9.84 Å². The Hall–Kier alpha value is -2.74. The van der Waals surface area contributed by atoms with Crippen LogP contribution in [0.3, 0.4) is 0 Å². The average molecular weight is 398 g/mol.